The van der Waals surface area contributed by atoms with Crippen LogP contribution < -0.4 is 5.32 Å². The van der Waals surface area contributed by atoms with E-state index in [-0.39, 0.29) is 24.1 Å². The highest BCUT2D eigenvalue weighted by Gasteiger charge is 2.26. The first-order valence-electron chi connectivity index (χ1n) is 10.6. The lowest BCUT2D eigenvalue weighted by Gasteiger charge is -2.35. The maximum absolute atomic E-state index is 13.1. The number of nitrogens with zero attached hydrogens (tertiary/aromatic N) is 3. The molecule has 0 aliphatic carbocycles. The molecule has 164 valence electrons. The van der Waals surface area contributed by atoms with Gasteiger partial charge in [-0.2, -0.15) is 0 Å². The second kappa shape index (κ2) is 9.60. The molecule has 2 atom stereocenters. The molecule has 1 N–H and O–H groups in total. The zero-order valence-corrected chi connectivity index (χ0v) is 18.7. The minimum atomic E-state index is -0.106. The number of carbonyl (C=O) groups excluding carboxylic acids is 2. The number of fused-ring (bicyclic) bond motifs is 1. The van der Waals surface area contributed by atoms with E-state index >= 15 is 0 Å². The number of hydrogen-bond donors (Lipinski definition) is 1. The summed E-state index contributed by atoms with van der Waals surface area (Å²) < 4.78 is 7.18. The van der Waals surface area contributed by atoms with Crippen LogP contribution in [-0.4, -0.2) is 45.1 Å². The van der Waals surface area contributed by atoms with Crippen molar-refractivity contribution in [2.75, 3.05) is 18.8 Å². The molecule has 4 rings (SSSR count). The molecule has 0 radical (unpaired) electrons. The first-order valence-corrected chi connectivity index (χ1v) is 11.6. The number of para-hydroxylation sites is 2. The van der Waals surface area contributed by atoms with Gasteiger partial charge in [-0.1, -0.05) is 37.7 Å². The Hall–Kier alpha value is -2.74. The Morgan fingerprint density at radius 1 is 1.16 bits per heavy atom. The molecular weight excluding hydrogens is 412 g/mol. The number of likely N-dealkylation sites (tertiary alicyclic amines) is 1. The number of amides is 2. The molecule has 1 fully saturated rings. The number of thioether (sulfide) groups is 1. The smallest absolute Gasteiger partial charge is 0.242 e. The van der Waals surface area contributed by atoms with Gasteiger partial charge < -0.3 is 19.2 Å². The van der Waals surface area contributed by atoms with E-state index in [1.165, 1.54) is 11.8 Å². The number of aromatic nitrogens is 2. The molecule has 0 spiro atoms. The second-order valence-electron chi connectivity index (χ2n) is 8.36. The number of imidazole rings is 1. The molecule has 2 aromatic heterocycles. The van der Waals surface area contributed by atoms with E-state index in [2.05, 4.69) is 24.1 Å². The number of carbonyl (C=O) groups is 2. The summed E-state index contributed by atoms with van der Waals surface area (Å²) in [7, 11) is 0. The lowest BCUT2D eigenvalue weighted by atomic mass is 9.92. The van der Waals surface area contributed by atoms with Crippen molar-refractivity contribution in [2.24, 2.45) is 11.8 Å². The van der Waals surface area contributed by atoms with Crippen molar-refractivity contribution in [3.05, 3.63) is 48.4 Å². The lowest BCUT2D eigenvalue weighted by molar-refractivity contribution is -0.134. The van der Waals surface area contributed by atoms with Crippen LogP contribution in [0.3, 0.4) is 0 Å². The average Bonchev–Trinajstić information content (AvgIpc) is 3.38. The van der Waals surface area contributed by atoms with E-state index in [9.17, 15) is 9.59 Å². The van der Waals surface area contributed by atoms with E-state index in [0.29, 0.717) is 29.3 Å². The van der Waals surface area contributed by atoms with Gasteiger partial charge >= 0.3 is 0 Å². The Morgan fingerprint density at radius 2 is 1.94 bits per heavy atom. The maximum atomic E-state index is 13.1. The van der Waals surface area contributed by atoms with E-state index in [1.807, 2.05) is 39.8 Å². The van der Waals surface area contributed by atoms with Crippen molar-refractivity contribution in [1.29, 1.82) is 0 Å². The van der Waals surface area contributed by atoms with Gasteiger partial charge in [-0.15, -0.1) is 0 Å². The van der Waals surface area contributed by atoms with Gasteiger partial charge in [0, 0.05) is 13.1 Å². The Labute approximate surface area is 186 Å². The van der Waals surface area contributed by atoms with Crippen LogP contribution in [0.4, 0.5) is 0 Å². The third kappa shape index (κ3) is 5.31. The summed E-state index contributed by atoms with van der Waals surface area (Å²) in [6.45, 7) is 6.58. The second-order valence-corrected chi connectivity index (χ2v) is 9.30. The standard InChI is InChI=1S/C23H28N4O3S/c1-16-10-17(2)13-26(12-16)22(29)14-27-20-8-4-3-7-19(20)25-23(27)31-15-21(28)24-11-18-6-5-9-30-18/h3-9,16-17H,10-15H2,1-2H3,(H,24,28)/t16-,17-/m1/s1. The van der Waals surface area contributed by atoms with Gasteiger partial charge in [-0.25, -0.2) is 4.98 Å². The summed E-state index contributed by atoms with van der Waals surface area (Å²) in [5.74, 6) is 1.95. The highest BCUT2D eigenvalue weighted by atomic mass is 32.2. The summed E-state index contributed by atoms with van der Waals surface area (Å²) in [4.78, 5) is 32.0. The van der Waals surface area contributed by atoms with E-state index in [0.717, 1.165) is 30.5 Å². The molecular formula is C23H28N4O3S. The van der Waals surface area contributed by atoms with Crippen LogP contribution in [0.1, 0.15) is 26.0 Å². The highest BCUT2D eigenvalue weighted by molar-refractivity contribution is 7.99. The molecule has 1 saturated heterocycles. The van der Waals surface area contributed by atoms with Crippen LogP contribution in [0.25, 0.3) is 11.0 Å². The number of piperidine rings is 1. The fraction of sp³-hybridized carbons (Fsp3) is 0.435. The van der Waals surface area contributed by atoms with E-state index < -0.39 is 0 Å². The molecule has 0 unspecified atom stereocenters. The summed E-state index contributed by atoms with van der Waals surface area (Å²) >= 11 is 1.35. The molecule has 3 heterocycles. The normalized spacial score (nSPS) is 19.0. The molecule has 1 aliphatic rings. The monoisotopic (exact) mass is 440 g/mol. The predicted molar refractivity (Wildman–Crippen MR) is 121 cm³/mol. The SMILES string of the molecule is C[C@@H]1C[C@@H](C)CN(C(=O)Cn2c(SCC(=O)NCc3ccco3)nc3ccccc32)C1. The number of furan rings is 1. The van der Waals surface area contributed by atoms with Crippen LogP contribution in [0.2, 0.25) is 0 Å². The van der Waals surface area contributed by atoms with Crippen molar-refractivity contribution in [3.63, 3.8) is 0 Å². The fourth-order valence-electron chi connectivity index (χ4n) is 4.20. The van der Waals surface area contributed by atoms with Crippen LogP contribution in [0, 0.1) is 11.8 Å². The summed E-state index contributed by atoms with van der Waals surface area (Å²) in [5, 5.41) is 3.53. The largest absolute Gasteiger partial charge is 0.467 e. The van der Waals surface area contributed by atoms with Gasteiger partial charge in [0.2, 0.25) is 11.8 Å². The molecule has 8 heteroatoms. The van der Waals surface area contributed by atoms with Gasteiger partial charge in [-0.3, -0.25) is 9.59 Å². The van der Waals surface area contributed by atoms with Gasteiger partial charge in [0.25, 0.3) is 0 Å². The first-order chi connectivity index (χ1) is 15.0. The van der Waals surface area contributed by atoms with Gasteiger partial charge in [-0.05, 0) is 42.5 Å². The van der Waals surface area contributed by atoms with Gasteiger partial charge in [0.1, 0.15) is 12.3 Å². The molecule has 0 bridgehead atoms. The molecule has 1 aliphatic heterocycles. The zero-order chi connectivity index (χ0) is 21.8. The van der Waals surface area contributed by atoms with Gasteiger partial charge in [0.05, 0.1) is 29.6 Å². The minimum Gasteiger partial charge on any atom is -0.467 e. The molecule has 0 saturated carbocycles. The Morgan fingerprint density at radius 3 is 2.68 bits per heavy atom. The first kappa shape index (κ1) is 21.5. The Kier molecular flexibility index (Phi) is 6.65. The lowest BCUT2D eigenvalue weighted by Crippen LogP contribution is -2.44. The number of nitrogens with one attached hydrogen (secondary N) is 1. The fourth-order valence-corrected chi connectivity index (χ4v) is 5.04. The van der Waals surface area contributed by atoms with Crippen LogP contribution in [0.5, 0.6) is 0 Å². The Bertz CT molecular complexity index is 1040. The molecule has 2 amide bonds. The third-order valence-corrected chi connectivity index (χ3v) is 6.48. The van der Waals surface area contributed by atoms with Crippen molar-refractivity contribution in [1.82, 2.24) is 19.8 Å². The van der Waals surface area contributed by atoms with Crippen molar-refractivity contribution < 1.29 is 14.0 Å². The van der Waals surface area contributed by atoms with Crippen LogP contribution in [0.15, 0.2) is 52.2 Å². The van der Waals surface area contributed by atoms with Crippen LogP contribution in [-0.2, 0) is 22.7 Å². The summed E-state index contributed by atoms with van der Waals surface area (Å²) in [6.07, 6.45) is 2.74. The topological polar surface area (TPSA) is 80.4 Å². The predicted octanol–water partition coefficient (Wildman–Crippen LogP) is 3.54. The number of rotatable bonds is 7. The average molecular weight is 441 g/mol. The molecule has 1 aromatic carbocycles. The third-order valence-electron chi connectivity index (χ3n) is 5.51. The molecule has 31 heavy (non-hydrogen) atoms. The molecule has 7 nitrogen and oxygen atoms in total. The number of benzene rings is 1. The summed E-state index contributed by atoms with van der Waals surface area (Å²) in [5.41, 5.74) is 1.74. The molecule has 3 aromatic rings. The number of hydrogen-bond acceptors (Lipinski definition) is 5. The van der Waals surface area contributed by atoms with E-state index in [4.69, 9.17) is 4.42 Å². The van der Waals surface area contributed by atoms with Crippen LogP contribution >= 0.6 is 11.8 Å². The zero-order valence-electron chi connectivity index (χ0n) is 17.9. The van der Waals surface area contributed by atoms with Crippen molar-refractivity contribution >= 4 is 34.6 Å². The van der Waals surface area contributed by atoms with E-state index in [1.54, 1.807) is 12.3 Å². The highest BCUT2D eigenvalue weighted by Crippen LogP contribution is 2.26. The van der Waals surface area contributed by atoms with Gasteiger partial charge in [0.15, 0.2) is 5.16 Å². The quantitative estimate of drug-likeness (QED) is 0.569. The maximum Gasteiger partial charge on any atom is 0.242 e. The van der Waals surface area contributed by atoms with Crippen molar-refractivity contribution in [3.8, 4) is 0 Å². The summed E-state index contributed by atoms with van der Waals surface area (Å²) in [6, 6.07) is 11.4. The minimum absolute atomic E-state index is 0.102. The Balaban J connectivity index is 1.45. The van der Waals surface area contributed by atoms with Crippen molar-refractivity contribution in [2.45, 2.75) is 38.5 Å².